The summed E-state index contributed by atoms with van der Waals surface area (Å²) in [6.07, 6.45) is 3.32. The number of carbonyl (C=O) groups excluding carboxylic acids is 1. The monoisotopic (exact) mass is 339 g/mol. The van der Waals surface area contributed by atoms with E-state index in [-0.39, 0.29) is 22.4 Å². The minimum atomic E-state index is -0.605. The summed E-state index contributed by atoms with van der Waals surface area (Å²) < 4.78 is 0. The summed E-state index contributed by atoms with van der Waals surface area (Å²) in [5.74, 6) is 0.00740. The van der Waals surface area contributed by atoms with Crippen LogP contribution in [-0.2, 0) is 22.4 Å². The van der Waals surface area contributed by atoms with Gasteiger partial charge in [-0.15, -0.1) is 0 Å². The summed E-state index contributed by atoms with van der Waals surface area (Å²) >= 11 is 0. The molecule has 1 aliphatic heterocycles. The van der Waals surface area contributed by atoms with Crippen molar-refractivity contribution < 1.29 is 27.2 Å². The van der Waals surface area contributed by atoms with Crippen LogP contribution in [0.1, 0.15) is 48.0 Å². The van der Waals surface area contributed by atoms with Gasteiger partial charge in [-0.05, 0) is 43.0 Å². The Balaban J connectivity index is 0.000000742. The molecular formula is C15H22N2NbO. The van der Waals surface area contributed by atoms with Crippen LogP contribution in [0.2, 0.25) is 0 Å². The number of hydrogen-bond acceptors (Lipinski definition) is 2. The standard InChI is InChI=1S/C12H16N2O.C3H7.Nb/c13-12(15)11-3-1-9(2-4-11)10-5-7-14-8-6-10;1-3-2;/h1-4,10,14H,5-8H2,(H2,13,15);1,3H2,2H3;/q;-1;+2/p-1. The predicted octanol–water partition coefficient (Wildman–Crippen LogP) is 3.57. The van der Waals surface area contributed by atoms with Gasteiger partial charge in [-0.25, -0.2) is 0 Å². The van der Waals surface area contributed by atoms with Gasteiger partial charge in [0, 0.05) is 0 Å². The van der Waals surface area contributed by atoms with Crippen LogP contribution in [0.15, 0.2) is 24.3 Å². The molecular weight excluding hydrogens is 317 g/mol. The zero-order chi connectivity index (χ0) is 13.4. The average Bonchev–Trinajstić information content (AvgIpc) is 2.41. The fourth-order valence-corrected chi connectivity index (χ4v) is 2.06. The van der Waals surface area contributed by atoms with E-state index in [2.05, 4.69) is 12.2 Å². The Morgan fingerprint density at radius 2 is 1.79 bits per heavy atom. The van der Waals surface area contributed by atoms with E-state index in [1.165, 1.54) is 5.56 Å². The van der Waals surface area contributed by atoms with Gasteiger partial charge in [-0.1, -0.05) is 31.2 Å². The summed E-state index contributed by atoms with van der Waals surface area (Å²) in [4.78, 5) is 10.8. The number of amides is 1. The van der Waals surface area contributed by atoms with Crippen LogP contribution in [-0.4, -0.2) is 19.0 Å². The number of rotatable bonds is 2. The van der Waals surface area contributed by atoms with Crippen molar-refractivity contribution >= 4 is 5.91 Å². The molecule has 2 N–H and O–H groups in total. The first-order valence-electron chi connectivity index (χ1n) is 6.54. The summed E-state index contributed by atoms with van der Waals surface area (Å²) in [6, 6.07) is 7.48. The molecule has 1 fully saturated rings. The Morgan fingerprint density at radius 1 is 1.32 bits per heavy atom. The molecule has 19 heavy (non-hydrogen) atoms. The third kappa shape index (κ3) is 6.39. The fourth-order valence-electron chi connectivity index (χ4n) is 2.06. The Hall–Kier alpha value is -0.610. The maximum Gasteiger partial charge on any atom is 2.00 e. The second-order valence-corrected chi connectivity index (χ2v) is 4.48. The quantitative estimate of drug-likeness (QED) is 0.661. The van der Waals surface area contributed by atoms with Gasteiger partial charge in [0.05, 0.1) is 5.91 Å². The van der Waals surface area contributed by atoms with Crippen molar-refractivity contribution in [1.29, 1.82) is 0 Å². The second-order valence-electron chi connectivity index (χ2n) is 4.48. The number of carbonyl (C=O) groups is 1. The molecule has 1 aliphatic rings. The van der Waals surface area contributed by atoms with E-state index in [9.17, 15) is 4.79 Å². The van der Waals surface area contributed by atoms with Crippen molar-refractivity contribution in [3.05, 3.63) is 48.0 Å². The van der Waals surface area contributed by atoms with E-state index in [1.54, 1.807) is 12.1 Å². The molecule has 1 aromatic carbocycles. The van der Waals surface area contributed by atoms with Gasteiger partial charge in [-0.2, -0.15) is 6.42 Å². The fraction of sp³-hybridized carbons (Fsp3) is 0.467. The van der Waals surface area contributed by atoms with E-state index >= 15 is 0 Å². The molecule has 103 valence electrons. The first-order valence-corrected chi connectivity index (χ1v) is 6.54. The largest absolute Gasteiger partial charge is 2.00 e. The summed E-state index contributed by atoms with van der Waals surface area (Å²) in [7, 11) is 0. The maximum absolute atomic E-state index is 10.8. The molecule has 0 aromatic heterocycles. The number of nitrogens with one attached hydrogen (secondary N) is 2. The van der Waals surface area contributed by atoms with Crippen molar-refractivity contribution in [3.63, 3.8) is 0 Å². The van der Waals surface area contributed by atoms with Gasteiger partial charge in [0.15, 0.2) is 0 Å². The van der Waals surface area contributed by atoms with Crippen LogP contribution in [0.5, 0.6) is 0 Å². The third-order valence-electron chi connectivity index (χ3n) is 2.98. The minimum Gasteiger partial charge on any atom is -0.664 e. The van der Waals surface area contributed by atoms with E-state index < -0.39 is 5.91 Å². The topological polar surface area (TPSA) is 52.9 Å². The van der Waals surface area contributed by atoms with E-state index in [0.29, 0.717) is 11.5 Å². The smallest absolute Gasteiger partial charge is 0.664 e. The molecule has 0 spiro atoms. The van der Waals surface area contributed by atoms with Crippen molar-refractivity contribution in [2.45, 2.75) is 32.1 Å². The maximum atomic E-state index is 10.8. The van der Waals surface area contributed by atoms with Gasteiger partial charge in [0.2, 0.25) is 0 Å². The Bertz CT molecular complexity index is 359. The summed E-state index contributed by atoms with van der Waals surface area (Å²) in [5.41, 5.74) is 8.76. The average molecular weight is 339 g/mol. The number of piperidine rings is 1. The number of benzene rings is 1. The van der Waals surface area contributed by atoms with Crippen LogP contribution in [0.4, 0.5) is 0 Å². The van der Waals surface area contributed by atoms with Crippen molar-refractivity contribution in [3.8, 4) is 0 Å². The molecule has 0 aliphatic carbocycles. The van der Waals surface area contributed by atoms with Crippen molar-refractivity contribution in [1.82, 2.24) is 5.32 Å². The van der Waals surface area contributed by atoms with E-state index in [0.717, 1.165) is 32.4 Å². The zero-order valence-corrected chi connectivity index (χ0v) is 13.7. The molecule has 4 heteroatoms. The summed E-state index contributed by atoms with van der Waals surface area (Å²) in [6.45, 7) is 7.65. The molecule has 0 saturated carbocycles. The Morgan fingerprint density at radius 3 is 2.21 bits per heavy atom. The molecule has 1 aromatic rings. The Labute approximate surface area is 131 Å². The molecule has 0 bridgehead atoms. The first-order chi connectivity index (χ1) is 8.69. The summed E-state index contributed by atoms with van der Waals surface area (Å²) in [5, 5.41) is 3.33. The van der Waals surface area contributed by atoms with Gasteiger partial charge >= 0.3 is 22.4 Å². The van der Waals surface area contributed by atoms with Gasteiger partial charge in [0.25, 0.3) is 0 Å². The molecule has 3 nitrogen and oxygen atoms in total. The molecule has 0 unspecified atom stereocenters. The van der Waals surface area contributed by atoms with E-state index in [4.69, 9.17) is 5.73 Å². The SMILES string of the molecule is [CH2-]CC.[NH-]C(=O)c1ccc(C2CCNCC2)cc1.[Nb+2]. The molecule has 1 saturated heterocycles. The molecule has 0 atom stereocenters. The van der Waals surface area contributed by atoms with Crippen LogP contribution in [0, 0.1) is 6.92 Å². The first kappa shape index (κ1) is 18.4. The minimum absolute atomic E-state index is 0. The van der Waals surface area contributed by atoms with Crippen molar-refractivity contribution in [2.24, 2.45) is 0 Å². The molecule has 1 heterocycles. The third-order valence-corrected chi connectivity index (χ3v) is 2.98. The molecule has 1 radical (unpaired) electrons. The van der Waals surface area contributed by atoms with Crippen LogP contribution < -0.4 is 5.32 Å². The van der Waals surface area contributed by atoms with E-state index in [1.807, 2.05) is 19.1 Å². The predicted molar refractivity (Wildman–Crippen MR) is 75.6 cm³/mol. The van der Waals surface area contributed by atoms with Gasteiger partial charge in [-0.3, -0.25) is 0 Å². The van der Waals surface area contributed by atoms with Crippen LogP contribution in [0.3, 0.4) is 0 Å². The van der Waals surface area contributed by atoms with Crippen LogP contribution >= 0.6 is 0 Å². The van der Waals surface area contributed by atoms with Crippen molar-refractivity contribution in [2.75, 3.05) is 13.1 Å². The number of hydrogen-bond donors (Lipinski definition) is 1. The zero-order valence-electron chi connectivity index (χ0n) is 11.5. The normalized spacial score (nSPS) is 14.8. The second kappa shape index (κ2) is 10.2. The van der Waals surface area contributed by atoms with Gasteiger partial charge in [0.1, 0.15) is 0 Å². The molecule has 2 rings (SSSR count). The van der Waals surface area contributed by atoms with Crippen LogP contribution in [0.25, 0.3) is 5.73 Å². The Kier molecular flexibility index (Phi) is 9.88. The van der Waals surface area contributed by atoms with Gasteiger partial charge < -0.3 is 22.8 Å². The molecule has 1 amide bonds.